The highest BCUT2D eigenvalue weighted by atomic mass is 16.3. The summed E-state index contributed by atoms with van der Waals surface area (Å²) in [4.78, 5) is 14.7. The van der Waals surface area contributed by atoms with Crippen molar-refractivity contribution in [3.63, 3.8) is 0 Å². The van der Waals surface area contributed by atoms with Gasteiger partial charge in [-0.2, -0.15) is 0 Å². The predicted octanol–water partition coefficient (Wildman–Crippen LogP) is 11.5. The van der Waals surface area contributed by atoms with E-state index in [1.165, 1.54) is 0 Å². The second-order valence-corrected chi connectivity index (χ2v) is 11.9. The molecule has 0 aliphatic carbocycles. The first kappa shape index (κ1) is 21.9. The molecule has 234 valence electrons. The standard InChI is InChI=1S/C45H28N4O/c1-4-14-29(15-5-1)32-26-27-39-36(28-32)41-38(24-13-25-40(41)50-39)49-37-23-11-10-20-33(37)34-21-12-22-35(42(34)49)45-47-43(30-16-6-2-7-17-30)46-44(48-45)31-18-8-3-9-19-31/h1-28H/i10D,11D,12D,20D,21D,22D,23D. The Morgan fingerprint density at radius 1 is 0.480 bits per heavy atom. The van der Waals surface area contributed by atoms with E-state index in [9.17, 15) is 5.48 Å². The Balaban J connectivity index is 1.41. The molecule has 5 nitrogen and oxygen atoms in total. The fourth-order valence-corrected chi connectivity index (χ4v) is 6.70. The number of hydrogen-bond acceptors (Lipinski definition) is 4. The summed E-state index contributed by atoms with van der Waals surface area (Å²) in [6.07, 6.45) is 0. The molecule has 0 atom stereocenters. The molecular formula is C45H28N4O. The number of aromatic nitrogens is 4. The SMILES string of the molecule is [2H]c1c([2H])c([2H])c2c(c1[2H])c1c([2H])c([2H])c([2H])c(-c3nc(-c4ccccc4)nc(-c4ccccc4)n3)c1n2-c1cccc2oc3ccc(-c4ccccc4)cc3c12. The zero-order chi connectivity index (χ0) is 39.1. The Bertz CT molecular complexity index is 3200. The van der Waals surface area contributed by atoms with Gasteiger partial charge in [-0.1, -0.05) is 133 Å². The van der Waals surface area contributed by atoms with E-state index >= 15 is 0 Å². The number of hydrogen-bond donors (Lipinski definition) is 0. The monoisotopic (exact) mass is 647 g/mol. The molecular weight excluding hydrogens is 613 g/mol. The van der Waals surface area contributed by atoms with Gasteiger partial charge < -0.3 is 8.98 Å². The molecule has 0 N–H and O–H groups in total. The highest BCUT2D eigenvalue weighted by Crippen LogP contribution is 2.42. The van der Waals surface area contributed by atoms with Gasteiger partial charge in [-0.3, -0.25) is 0 Å². The molecule has 7 aromatic carbocycles. The maximum absolute atomic E-state index is 9.51. The highest BCUT2D eigenvalue weighted by molar-refractivity contribution is 6.17. The molecule has 0 fully saturated rings. The summed E-state index contributed by atoms with van der Waals surface area (Å²) in [5, 5.41) is 1.53. The van der Waals surface area contributed by atoms with E-state index in [1.807, 2.05) is 121 Å². The van der Waals surface area contributed by atoms with Gasteiger partial charge in [0.2, 0.25) is 0 Å². The third-order valence-electron chi connectivity index (χ3n) is 8.96. The Morgan fingerprint density at radius 3 is 1.84 bits per heavy atom. The van der Waals surface area contributed by atoms with E-state index in [4.69, 9.17) is 23.5 Å². The number of rotatable bonds is 5. The molecule has 10 aromatic rings. The summed E-state index contributed by atoms with van der Waals surface area (Å²) in [6.45, 7) is 0. The average Bonchev–Trinajstić information content (AvgIpc) is 3.81. The van der Waals surface area contributed by atoms with E-state index in [-0.39, 0.29) is 57.4 Å². The minimum Gasteiger partial charge on any atom is -0.456 e. The van der Waals surface area contributed by atoms with Gasteiger partial charge in [0.25, 0.3) is 0 Å². The molecule has 0 aliphatic heterocycles. The van der Waals surface area contributed by atoms with Crippen LogP contribution in [0.4, 0.5) is 0 Å². The number of nitrogens with zero attached hydrogens (tertiary/aromatic N) is 4. The van der Waals surface area contributed by atoms with Gasteiger partial charge in [0.05, 0.1) is 31.7 Å². The summed E-state index contributed by atoms with van der Waals surface area (Å²) in [5.74, 6) is 0.676. The van der Waals surface area contributed by atoms with Crippen LogP contribution in [-0.4, -0.2) is 19.5 Å². The Hall–Kier alpha value is -6.85. The van der Waals surface area contributed by atoms with E-state index in [0.717, 1.165) is 16.5 Å². The van der Waals surface area contributed by atoms with Gasteiger partial charge in [-0.15, -0.1) is 0 Å². The molecule has 3 aromatic heterocycles. The number of furan rings is 1. The number of benzene rings is 7. The lowest BCUT2D eigenvalue weighted by Gasteiger charge is -2.13. The molecule has 10 rings (SSSR count). The lowest BCUT2D eigenvalue weighted by molar-refractivity contribution is 0.669. The lowest BCUT2D eigenvalue weighted by atomic mass is 10.0. The van der Waals surface area contributed by atoms with Crippen molar-refractivity contribution in [2.24, 2.45) is 0 Å². The molecule has 5 heteroatoms. The molecule has 3 heterocycles. The van der Waals surface area contributed by atoms with Gasteiger partial charge in [-0.25, -0.2) is 15.0 Å². The molecule has 0 bridgehead atoms. The Labute approximate surface area is 297 Å². The van der Waals surface area contributed by atoms with Crippen LogP contribution in [0.5, 0.6) is 0 Å². The highest BCUT2D eigenvalue weighted by Gasteiger charge is 2.22. The van der Waals surface area contributed by atoms with Crippen LogP contribution < -0.4 is 0 Å². The van der Waals surface area contributed by atoms with Crippen molar-refractivity contribution >= 4 is 43.7 Å². The average molecular weight is 648 g/mol. The van der Waals surface area contributed by atoms with Crippen molar-refractivity contribution in [1.82, 2.24) is 19.5 Å². The normalized spacial score (nSPS) is 13.6. The topological polar surface area (TPSA) is 56.7 Å². The molecule has 0 radical (unpaired) electrons. The number of fused-ring (bicyclic) bond motifs is 6. The molecule has 0 aliphatic rings. The third-order valence-corrected chi connectivity index (χ3v) is 8.96. The molecule has 0 unspecified atom stereocenters. The van der Waals surface area contributed by atoms with Crippen LogP contribution in [-0.2, 0) is 0 Å². The van der Waals surface area contributed by atoms with Gasteiger partial charge in [0.15, 0.2) is 17.5 Å². The van der Waals surface area contributed by atoms with Crippen LogP contribution >= 0.6 is 0 Å². The van der Waals surface area contributed by atoms with Crippen LogP contribution in [0.15, 0.2) is 174 Å². The fourth-order valence-electron chi connectivity index (χ4n) is 6.70. The zero-order valence-electron chi connectivity index (χ0n) is 33.3. The maximum Gasteiger partial charge on any atom is 0.166 e. The molecule has 0 amide bonds. The second-order valence-electron chi connectivity index (χ2n) is 11.9. The summed E-state index contributed by atoms with van der Waals surface area (Å²) in [6, 6.07) is 37.2. The van der Waals surface area contributed by atoms with Crippen LogP contribution in [0.2, 0.25) is 0 Å². The Kier molecular flexibility index (Phi) is 4.99. The van der Waals surface area contributed by atoms with E-state index in [0.29, 0.717) is 45.0 Å². The van der Waals surface area contributed by atoms with Gasteiger partial charge in [-0.05, 0) is 47.5 Å². The first-order valence-electron chi connectivity index (χ1n) is 19.6. The van der Waals surface area contributed by atoms with Crippen LogP contribution in [0.3, 0.4) is 0 Å². The smallest absolute Gasteiger partial charge is 0.166 e. The first-order chi connectivity index (χ1) is 27.7. The second kappa shape index (κ2) is 11.4. The predicted molar refractivity (Wildman–Crippen MR) is 203 cm³/mol. The molecule has 0 saturated carbocycles. The van der Waals surface area contributed by atoms with E-state index in [1.54, 1.807) is 10.6 Å². The van der Waals surface area contributed by atoms with Crippen molar-refractivity contribution in [3.05, 3.63) is 170 Å². The third kappa shape index (κ3) is 4.52. The van der Waals surface area contributed by atoms with E-state index < -0.39 is 18.1 Å². The molecule has 0 saturated heterocycles. The first-order valence-corrected chi connectivity index (χ1v) is 16.1. The van der Waals surface area contributed by atoms with Crippen molar-refractivity contribution < 1.29 is 14.0 Å². The number of para-hydroxylation sites is 2. The maximum atomic E-state index is 9.51. The summed E-state index contributed by atoms with van der Waals surface area (Å²) in [5.41, 5.74) is 5.28. The molecule has 50 heavy (non-hydrogen) atoms. The van der Waals surface area contributed by atoms with Gasteiger partial charge in [0.1, 0.15) is 11.2 Å². The van der Waals surface area contributed by atoms with Crippen molar-refractivity contribution in [2.45, 2.75) is 0 Å². The fraction of sp³-hybridized carbons (Fsp3) is 0. The minimum atomic E-state index is -0.480. The van der Waals surface area contributed by atoms with Crippen molar-refractivity contribution in [1.29, 1.82) is 0 Å². The van der Waals surface area contributed by atoms with Crippen LogP contribution in [0.1, 0.15) is 9.60 Å². The largest absolute Gasteiger partial charge is 0.456 e. The summed E-state index contributed by atoms with van der Waals surface area (Å²) in [7, 11) is 0. The van der Waals surface area contributed by atoms with Crippen molar-refractivity contribution in [2.75, 3.05) is 0 Å². The van der Waals surface area contributed by atoms with Crippen LogP contribution in [0.25, 0.3) is 94.7 Å². The zero-order valence-corrected chi connectivity index (χ0v) is 26.3. The minimum absolute atomic E-state index is 0.0427. The van der Waals surface area contributed by atoms with Crippen molar-refractivity contribution in [3.8, 4) is 51.0 Å². The Morgan fingerprint density at radius 2 is 1.12 bits per heavy atom. The molecule has 0 spiro atoms. The van der Waals surface area contributed by atoms with Gasteiger partial charge >= 0.3 is 0 Å². The van der Waals surface area contributed by atoms with Crippen LogP contribution in [0, 0.1) is 0 Å². The summed E-state index contributed by atoms with van der Waals surface area (Å²) < 4.78 is 72.1. The van der Waals surface area contributed by atoms with Gasteiger partial charge in [0, 0.05) is 32.8 Å². The quantitative estimate of drug-likeness (QED) is 0.186. The van der Waals surface area contributed by atoms with E-state index in [2.05, 4.69) is 0 Å². The lowest BCUT2D eigenvalue weighted by Crippen LogP contribution is -2.02. The summed E-state index contributed by atoms with van der Waals surface area (Å²) >= 11 is 0.